The lowest BCUT2D eigenvalue weighted by atomic mass is 10.3. The molecule has 0 aliphatic carbocycles. The van der Waals surface area contributed by atoms with Crippen LogP contribution in [-0.2, 0) is 6.54 Å². The molecule has 1 aromatic heterocycles. The largest absolute Gasteiger partial charge is 0.363 e. The van der Waals surface area contributed by atoms with Gasteiger partial charge in [-0.1, -0.05) is 11.6 Å². The van der Waals surface area contributed by atoms with Crippen molar-refractivity contribution in [2.45, 2.75) is 6.54 Å². The van der Waals surface area contributed by atoms with Crippen LogP contribution < -0.4 is 5.32 Å². The first-order valence-corrected chi connectivity index (χ1v) is 5.66. The lowest BCUT2D eigenvalue weighted by molar-refractivity contribution is -0.404. The highest BCUT2D eigenvalue weighted by molar-refractivity contribution is 6.30. The minimum Gasteiger partial charge on any atom is -0.363 e. The maximum atomic E-state index is 10.5. The van der Waals surface area contributed by atoms with E-state index in [1.54, 1.807) is 29.4 Å². The van der Waals surface area contributed by atoms with E-state index < -0.39 is 4.92 Å². The Morgan fingerprint density at radius 2 is 2.44 bits per heavy atom. The Hall–Kier alpha value is -2.08. The van der Waals surface area contributed by atoms with Gasteiger partial charge in [0.25, 0.3) is 6.20 Å². The second-order valence-corrected chi connectivity index (χ2v) is 4.10. The maximum Gasteiger partial charge on any atom is 0.274 e. The summed E-state index contributed by atoms with van der Waals surface area (Å²) >= 11 is 5.75. The minimum atomic E-state index is -0.482. The Kier molecular flexibility index (Phi) is 3.78. The second kappa shape index (κ2) is 5.50. The summed E-state index contributed by atoms with van der Waals surface area (Å²) in [6.07, 6.45) is 6.17. The number of hydrogen-bond donors (Lipinski definition) is 1. The Bertz CT molecular complexity index is 498. The first-order valence-electron chi connectivity index (χ1n) is 5.28. The molecule has 0 atom stereocenters. The predicted octanol–water partition coefficient (Wildman–Crippen LogP) is 1.73. The van der Waals surface area contributed by atoms with Gasteiger partial charge in [-0.3, -0.25) is 15.1 Å². The summed E-state index contributed by atoms with van der Waals surface area (Å²) in [7, 11) is 0. The van der Waals surface area contributed by atoms with Crippen molar-refractivity contribution in [2.24, 2.45) is 0 Å². The summed E-state index contributed by atoms with van der Waals surface area (Å²) in [4.78, 5) is 15.9. The highest BCUT2D eigenvalue weighted by Gasteiger charge is 2.14. The first kappa shape index (κ1) is 12.4. The molecule has 1 aromatic rings. The Balaban J connectivity index is 2.15. The highest BCUT2D eigenvalue weighted by atomic mass is 35.5. The van der Waals surface area contributed by atoms with Crippen LogP contribution in [0.15, 0.2) is 42.6 Å². The van der Waals surface area contributed by atoms with Crippen LogP contribution in [0.2, 0.25) is 5.02 Å². The van der Waals surface area contributed by atoms with Crippen LogP contribution in [0.3, 0.4) is 0 Å². The molecule has 6 nitrogen and oxygen atoms in total. The summed E-state index contributed by atoms with van der Waals surface area (Å²) in [5, 5.41) is 14.0. The zero-order chi connectivity index (χ0) is 13.0. The summed E-state index contributed by atoms with van der Waals surface area (Å²) in [6, 6.07) is 3.52. The van der Waals surface area contributed by atoms with E-state index in [0.717, 1.165) is 11.9 Å². The molecule has 0 radical (unpaired) electrons. The number of pyridine rings is 1. The number of aromatic nitrogens is 1. The molecular formula is C11H11ClN4O2. The number of halogens is 1. The zero-order valence-electron chi connectivity index (χ0n) is 9.41. The Morgan fingerprint density at radius 1 is 1.61 bits per heavy atom. The van der Waals surface area contributed by atoms with Crippen molar-refractivity contribution in [1.82, 2.24) is 15.2 Å². The van der Waals surface area contributed by atoms with E-state index >= 15 is 0 Å². The number of nitrogens with zero attached hydrogens (tertiary/aromatic N) is 3. The molecule has 0 spiro atoms. The van der Waals surface area contributed by atoms with Crippen LogP contribution in [0.5, 0.6) is 0 Å². The fourth-order valence-corrected chi connectivity index (χ4v) is 1.67. The number of rotatable bonds is 3. The van der Waals surface area contributed by atoms with Crippen LogP contribution in [0, 0.1) is 10.1 Å². The molecule has 1 N–H and O–H groups in total. The summed E-state index contributed by atoms with van der Waals surface area (Å²) < 4.78 is 0. The standard InChI is InChI=1S/C11H11ClN4O2/c12-9-2-3-10(14-6-9)7-15-5-1-4-13-11(15)8-16(17)18/h1-3,5-6,8,13H,4,7H2. The van der Waals surface area contributed by atoms with Gasteiger partial charge < -0.3 is 10.2 Å². The van der Waals surface area contributed by atoms with E-state index in [1.165, 1.54) is 0 Å². The van der Waals surface area contributed by atoms with Gasteiger partial charge in [-0.15, -0.1) is 0 Å². The third-order valence-corrected chi connectivity index (χ3v) is 2.57. The van der Waals surface area contributed by atoms with Crippen LogP contribution in [0.1, 0.15) is 5.69 Å². The van der Waals surface area contributed by atoms with E-state index in [9.17, 15) is 10.1 Å². The van der Waals surface area contributed by atoms with Gasteiger partial charge in [0.2, 0.25) is 0 Å². The van der Waals surface area contributed by atoms with Gasteiger partial charge in [0.05, 0.1) is 22.2 Å². The Morgan fingerprint density at radius 3 is 3.11 bits per heavy atom. The molecule has 0 saturated heterocycles. The molecule has 18 heavy (non-hydrogen) atoms. The smallest absolute Gasteiger partial charge is 0.274 e. The average molecular weight is 267 g/mol. The van der Waals surface area contributed by atoms with Gasteiger partial charge in [-0.05, 0) is 18.2 Å². The lowest BCUT2D eigenvalue weighted by Crippen LogP contribution is -2.32. The monoisotopic (exact) mass is 266 g/mol. The average Bonchev–Trinajstić information content (AvgIpc) is 2.34. The fourth-order valence-electron chi connectivity index (χ4n) is 1.56. The quantitative estimate of drug-likeness (QED) is 0.666. The predicted molar refractivity (Wildman–Crippen MR) is 67.0 cm³/mol. The van der Waals surface area contributed by atoms with Crippen molar-refractivity contribution < 1.29 is 4.92 Å². The highest BCUT2D eigenvalue weighted by Crippen LogP contribution is 2.13. The Labute approximate surface area is 109 Å². The van der Waals surface area contributed by atoms with Crippen LogP contribution in [0.4, 0.5) is 0 Å². The summed E-state index contributed by atoms with van der Waals surface area (Å²) in [5.41, 5.74) is 0.780. The summed E-state index contributed by atoms with van der Waals surface area (Å²) in [5.74, 6) is 0.444. The molecule has 0 bridgehead atoms. The molecule has 1 aliphatic rings. The topological polar surface area (TPSA) is 71.3 Å². The van der Waals surface area contributed by atoms with E-state index in [0.29, 0.717) is 23.9 Å². The van der Waals surface area contributed by atoms with Crippen molar-refractivity contribution in [3.63, 3.8) is 0 Å². The number of hydrogen-bond acceptors (Lipinski definition) is 5. The van der Waals surface area contributed by atoms with Crippen molar-refractivity contribution in [1.29, 1.82) is 0 Å². The molecule has 1 aliphatic heterocycles. The van der Waals surface area contributed by atoms with Gasteiger partial charge in [-0.2, -0.15) is 0 Å². The van der Waals surface area contributed by atoms with E-state index in [1.807, 2.05) is 6.08 Å². The van der Waals surface area contributed by atoms with Crippen LogP contribution >= 0.6 is 11.6 Å². The normalized spacial score (nSPS) is 16.7. The molecule has 2 heterocycles. The van der Waals surface area contributed by atoms with Crippen molar-refractivity contribution >= 4 is 11.6 Å². The first-order chi connectivity index (χ1) is 8.65. The van der Waals surface area contributed by atoms with Gasteiger partial charge in [0.15, 0.2) is 5.82 Å². The molecule has 2 rings (SSSR count). The van der Waals surface area contributed by atoms with Gasteiger partial charge in [0.1, 0.15) is 0 Å². The van der Waals surface area contributed by atoms with Gasteiger partial charge in [0, 0.05) is 18.9 Å². The minimum absolute atomic E-state index is 0.444. The molecule has 0 amide bonds. The van der Waals surface area contributed by atoms with Gasteiger partial charge in [-0.25, -0.2) is 0 Å². The van der Waals surface area contributed by atoms with E-state index in [4.69, 9.17) is 11.6 Å². The molecule has 0 saturated carbocycles. The van der Waals surface area contributed by atoms with Crippen LogP contribution in [-0.4, -0.2) is 21.4 Å². The third kappa shape index (κ3) is 3.21. The van der Waals surface area contributed by atoms with Gasteiger partial charge >= 0.3 is 0 Å². The molecule has 0 unspecified atom stereocenters. The maximum absolute atomic E-state index is 10.5. The van der Waals surface area contributed by atoms with Crippen molar-refractivity contribution in [3.8, 4) is 0 Å². The molecule has 0 aromatic carbocycles. The third-order valence-electron chi connectivity index (χ3n) is 2.34. The van der Waals surface area contributed by atoms with Crippen LogP contribution in [0.25, 0.3) is 0 Å². The molecule has 0 fully saturated rings. The SMILES string of the molecule is O=[N+]([O-])C=C1NCC=CN1Cc1ccc(Cl)cn1. The number of nitrogens with one attached hydrogen (secondary N) is 1. The van der Waals surface area contributed by atoms with Crippen molar-refractivity contribution in [3.05, 3.63) is 63.5 Å². The molecule has 94 valence electrons. The molecule has 7 heteroatoms. The lowest BCUT2D eigenvalue weighted by Gasteiger charge is -2.25. The second-order valence-electron chi connectivity index (χ2n) is 3.66. The fraction of sp³-hybridized carbons (Fsp3) is 0.182. The zero-order valence-corrected chi connectivity index (χ0v) is 10.2. The number of nitro groups is 1. The van der Waals surface area contributed by atoms with E-state index in [-0.39, 0.29) is 0 Å². The van der Waals surface area contributed by atoms with Crippen molar-refractivity contribution in [2.75, 3.05) is 6.54 Å². The summed E-state index contributed by atoms with van der Waals surface area (Å²) in [6.45, 7) is 1.02. The molecular weight excluding hydrogens is 256 g/mol. The van der Waals surface area contributed by atoms with E-state index in [2.05, 4.69) is 10.3 Å².